The highest BCUT2D eigenvalue weighted by Crippen LogP contribution is 2.48. The highest BCUT2D eigenvalue weighted by atomic mass is 32.1. The summed E-state index contributed by atoms with van der Waals surface area (Å²) < 4.78 is 2.05. The quantitative estimate of drug-likeness (QED) is 0.138. The van der Waals surface area contributed by atoms with Crippen LogP contribution < -0.4 is 20.4 Å². The molecule has 0 amide bonds. The molecule has 2 spiro atoms. The van der Waals surface area contributed by atoms with Gasteiger partial charge in [-0.15, -0.1) is 43.1 Å². The van der Waals surface area contributed by atoms with E-state index >= 15 is 0 Å². The maximum atomic E-state index is 5.47. The Kier molecular flexibility index (Phi) is 7.59. The molecule has 284 valence electrons. The summed E-state index contributed by atoms with van der Waals surface area (Å²) in [7, 11) is 0. The van der Waals surface area contributed by atoms with Crippen molar-refractivity contribution in [1.29, 1.82) is 0 Å². The van der Waals surface area contributed by atoms with E-state index in [2.05, 4.69) is 83.3 Å². The number of aromatic amines is 2. The molecule has 16 heteroatoms. The zero-order chi connectivity index (χ0) is 37.6. The van der Waals surface area contributed by atoms with Gasteiger partial charge < -0.3 is 20.4 Å². The summed E-state index contributed by atoms with van der Waals surface area (Å²) in [6.07, 6.45) is 13.3. The molecule has 12 rings (SSSR count). The maximum Gasteiger partial charge on any atom is 0.151 e. The third-order valence-corrected chi connectivity index (χ3v) is 14.8. The van der Waals surface area contributed by atoms with Crippen LogP contribution in [0.1, 0.15) is 32.1 Å². The van der Waals surface area contributed by atoms with E-state index < -0.39 is 0 Å². The fourth-order valence-corrected chi connectivity index (χ4v) is 11.5. The first-order valence-electron chi connectivity index (χ1n) is 19.6. The summed E-state index contributed by atoms with van der Waals surface area (Å²) >= 11 is 3.26. The Morgan fingerprint density at radius 2 is 1.44 bits per heavy atom. The van der Waals surface area contributed by atoms with E-state index in [-0.39, 0.29) is 11.1 Å². The number of thiazole rings is 2. The average molecular weight is 791 g/mol. The topological polar surface area (TPSA) is 165 Å². The van der Waals surface area contributed by atoms with Gasteiger partial charge in [0.25, 0.3) is 0 Å². The van der Waals surface area contributed by atoms with E-state index in [1.807, 2.05) is 30.3 Å². The first-order valence-corrected chi connectivity index (χ1v) is 21.3. The molecule has 0 saturated carbocycles. The van der Waals surface area contributed by atoms with Gasteiger partial charge in [-0.3, -0.25) is 10.2 Å². The Morgan fingerprint density at radius 1 is 0.667 bits per heavy atom. The molecule has 57 heavy (non-hydrogen) atoms. The summed E-state index contributed by atoms with van der Waals surface area (Å²) in [5, 5.41) is 42.0. The zero-order valence-corrected chi connectivity index (χ0v) is 32.6. The molecule has 6 aromatic heterocycles. The number of piperidine rings is 1. The summed E-state index contributed by atoms with van der Waals surface area (Å²) in [5.41, 5.74) is 12.5. The van der Waals surface area contributed by atoms with Gasteiger partial charge in [-0.05, 0) is 82.1 Å². The molecule has 2 aromatic carbocycles. The second-order valence-electron chi connectivity index (χ2n) is 15.8. The number of nitrogens with zero attached hydrogens (tertiary/aromatic N) is 10. The van der Waals surface area contributed by atoms with Crippen LogP contribution in [0.25, 0.3) is 75.8 Å². The van der Waals surface area contributed by atoms with Crippen molar-refractivity contribution < 1.29 is 0 Å². The van der Waals surface area contributed by atoms with Crippen molar-refractivity contribution in [3.63, 3.8) is 0 Å². The van der Waals surface area contributed by atoms with Crippen LogP contribution in [-0.2, 0) is 0 Å². The van der Waals surface area contributed by atoms with Gasteiger partial charge in [-0.1, -0.05) is 12.1 Å². The Bertz CT molecular complexity index is 2750. The molecule has 0 bridgehead atoms. The van der Waals surface area contributed by atoms with Crippen LogP contribution in [0.4, 0.5) is 11.6 Å². The first kappa shape index (κ1) is 33.5. The Labute approximate surface area is 335 Å². The molecule has 1 atom stereocenters. The molecular weight excluding hydrogens is 753 g/mol. The summed E-state index contributed by atoms with van der Waals surface area (Å²) in [6.45, 7) is 6.15. The monoisotopic (exact) mass is 790 g/mol. The molecule has 4 aliphatic heterocycles. The van der Waals surface area contributed by atoms with Crippen molar-refractivity contribution in [2.75, 3.05) is 49.1 Å². The van der Waals surface area contributed by atoms with Crippen molar-refractivity contribution >= 4 is 54.7 Å². The molecule has 4 saturated heterocycles. The normalized spacial score (nSPS) is 20.2. The van der Waals surface area contributed by atoms with Crippen LogP contribution in [0.2, 0.25) is 0 Å². The number of nitrogens with one attached hydrogen (secondary N) is 4. The molecule has 14 nitrogen and oxygen atoms in total. The molecular formula is C41H38N14S2. The number of hydrogen-bond acceptors (Lipinski definition) is 14. The first-order chi connectivity index (χ1) is 28.1. The van der Waals surface area contributed by atoms with Gasteiger partial charge in [0.2, 0.25) is 0 Å². The lowest BCUT2D eigenvalue weighted by Gasteiger charge is -2.55. The third kappa shape index (κ3) is 5.34. The smallest absolute Gasteiger partial charge is 0.151 e. The number of benzene rings is 2. The number of H-pyrrole nitrogens is 2. The van der Waals surface area contributed by atoms with E-state index in [1.54, 1.807) is 22.7 Å². The molecule has 0 radical (unpaired) electrons. The number of aromatic nitrogens is 10. The molecule has 0 aliphatic carbocycles. The molecule has 8 aromatic rings. The summed E-state index contributed by atoms with van der Waals surface area (Å²) in [4.78, 5) is 15.2. The minimum absolute atomic E-state index is 0.185. The minimum Gasteiger partial charge on any atom is -0.353 e. The van der Waals surface area contributed by atoms with Crippen molar-refractivity contribution in [2.45, 2.75) is 43.2 Å². The van der Waals surface area contributed by atoms with Gasteiger partial charge in [0.15, 0.2) is 11.6 Å². The number of rotatable bonds is 7. The van der Waals surface area contributed by atoms with E-state index in [1.165, 1.54) is 12.8 Å². The lowest BCUT2D eigenvalue weighted by Crippen LogP contribution is -2.64. The van der Waals surface area contributed by atoms with Crippen LogP contribution in [-0.4, -0.2) is 101 Å². The Balaban J connectivity index is 1.00. The van der Waals surface area contributed by atoms with E-state index in [4.69, 9.17) is 30.4 Å². The highest BCUT2D eigenvalue weighted by molar-refractivity contribution is 7.22. The van der Waals surface area contributed by atoms with E-state index in [0.29, 0.717) is 0 Å². The fraction of sp³-hybridized carbons (Fsp3) is 0.317. The van der Waals surface area contributed by atoms with Crippen molar-refractivity contribution in [2.24, 2.45) is 0 Å². The average Bonchev–Trinajstić information content (AvgIpc) is 4.09. The Morgan fingerprint density at radius 3 is 2.12 bits per heavy atom. The third-order valence-electron chi connectivity index (χ3n) is 12.8. The van der Waals surface area contributed by atoms with Gasteiger partial charge in [-0.2, -0.15) is 10.2 Å². The highest BCUT2D eigenvalue weighted by Gasteiger charge is 2.46. The van der Waals surface area contributed by atoms with Gasteiger partial charge in [-0.25, -0.2) is 9.97 Å². The number of hydrogen-bond donors (Lipinski definition) is 4. The number of anilines is 2. The van der Waals surface area contributed by atoms with Crippen LogP contribution in [0.15, 0.2) is 72.8 Å². The van der Waals surface area contributed by atoms with Crippen molar-refractivity contribution in [3.8, 4) is 55.3 Å². The molecule has 10 heterocycles. The predicted octanol–water partition coefficient (Wildman–Crippen LogP) is 6.54. The van der Waals surface area contributed by atoms with Gasteiger partial charge in [0.1, 0.15) is 5.01 Å². The summed E-state index contributed by atoms with van der Waals surface area (Å²) in [5.74, 6) is 1.86. The lowest BCUT2D eigenvalue weighted by molar-refractivity contribution is 0.204. The fourth-order valence-electron chi connectivity index (χ4n) is 9.46. The van der Waals surface area contributed by atoms with Gasteiger partial charge >= 0.3 is 0 Å². The largest absolute Gasteiger partial charge is 0.353 e. The SMILES string of the molecule is c1nc2c(-c3cn[nH]c3)cc(-c3nc4c(-c5cn[nH]c5)ccc(-c5ccc(N6CCC7(CCN7)C6)nn5)c4s3)c(-c3ccc(N4CCC45CCNCC5)nn3)c2s1. The van der Waals surface area contributed by atoms with Crippen LogP contribution in [0, 0.1) is 0 Å². The van der Waals surface area contributed by atoms with Crippen LogP contribution in [0.3, 0.4) is 0 Å². The van der Waals surface area contributed by atoms with Crippen LogP contribution >= 0.6 is 22.7 Å². The standard InChI is InChI=1S/C41H38N14S2/c1-2-27(30-3-5-32(52-50-30)54-15-10-40(22-54)7-14-44-40)37-36(26(1)24-18-45-46-19-24)49-39(57-37)29-17-28(25-20-47-48-21-25)35-38(56-23-43-35)34(29)31-4-6-33(53-51-31)55-16-11-41(55)8-12-42-13-9-41/h1-6,17-21,23,42,44H,7-16,22H2,(H,45,46)(H,47,48). The second-order valence-corrected chi connectivity index (χ2v) is 17.6. The molecule has 4 fully saturated rings. The van der Waals surface area contributed by atoms with Crippen LogP contribution in [0.5, 0.6) is 0 Å². The maximum absolute atomic E-state index is 5.47. The Hall–Kier alpha value is -5.68. The predicted molar refractivity (Wildman–Crippen MR) is 224 cm³/mol. The summed E-state index contributed by atoms with van der Waals surface area (Å²) in [6, 6.07) is 14.9. The second kappa shape index (κ2) is 12.9. The molecule has 4 aliphatic rings. The minimum atomic E-state index is 0.185. The zero-order valence-electron chi connectivity index (χ0n) is 31.0. The van der Waals surface area contributed by atoms with E-state index in [0.717, 1.165) is 146 Å². The molecule has 1 unspecified atom stereocenters. The van der Waals surface area contributed by atoms with Crippen molar-refractivity contribution in [1.82, 2.24) is 61.4 Å². The lowest BCUT2D eigenvalue weighted by atomic mass is 9.77. The number of fused-ring (bicyclic) bond motifs is 2. The molecule has 4 N–H and O–H groups in total. The van der Waals surface area contributed by atoms with Crippen molar-refractivity contribution in [3.05, 3.63) is 72.8 Å². The van der Waals surface area contributed by atoms with E-state index in [9.17, 15) is 0 Å². The van der Waals surface area contributed by atoms with Gasteiger partial charge in [0.05, 0.1) is 49.7 Å². The van der Waals surface area contributed by atoms with Gasteiger partial charge in [0, 0.05) is 82.0 Å².